The molecular weight excluding hydrogens is 340 g/mol. The summed E-state index contributed by atoms with van der Waals surface area (Å²) in [4.78, 5) is 27.9. The molecule has 1 heterocycles. The second-order valence-electron chi connectivity index (χ2n) is 7.27. The van der Waals surface area contributed by atoms with Crippen molar-refractivity contribution in [1.82, 2.24) is 5.32 Å². The second kappa shape index (κ2) is 6.72. The third-order valence-electron chi connectivity index (χ3n) is 5.55. The molecule has 0 spiro atoms. The van der Waals surface area contributed by atoms with Crippen molar-refractivity contribution in [1.29, 1.82) is 0 Å². The fourth-order valence-electron chi connectivity index (χ4n) is 4.05. The summed E-state index contributed by atoms with van der Waals surface area (Å²) in [7, 11) is 0. The third-order valence-corrected chi connectivity index (χ3v) is 5.55. The number of aryl methyl sites for hydroxylation is 1. The molecule has 1 N–H and O–H groups in total. The number of carbonyl (C=O) groups excluding carboxylic acids is 2. The first-order chi connectivity index (χ1) is 13.0. The van der Waals surface area contributed by atoms with Crippen LogP contribution in [0.15, 0.2) is 48.5 Å². The first-order valence-corrected chi connectivity index (χ1v) is 9.53. The van der Waals surface area contributed by atoms with E-state index in [-0.39, 0.29) is 17.9 Å². The van der Waals surface area contributed by atoms with Crippen LogP contribution in [0.2, 0.25) is 0 Å². The summed E-state index contributed by atoms with van der Waals surface area (Å²) in [6.07, 6.45) is 2.89. The maximum atomic E-state index is 13.2. The van der Waals surface area contributed by atoms with E-state index in [4.69, 9.17) is 4.74 Å². The Balaban J connectivity index is 1.63. The third kappa shape index (κ3) is 2.87. The molecule has 0 fully saturated rings. The highest BCUT2D eigenvalue weighted by Crippen LogP contribution is 2.38. The van der Waals surface area contributed by atoms with Crippen LogP contribution in [-0.2, 0) is 16.0 Å². The zero-order valence-electron chi connectivity index (χ0n) is 15.7. The van der Waals surface area contributed by atoms with Crippen LogP contribution in [0.3, 0.4) is 0 Å². The number of amides is 2. The molecule has 2 unspecified atom stereocenters. The zero-order valence-corrected chi connectivity index (χ0v) is 15.7. The van der Waals surface area contributed by atoms with Gasteiger partial charge in [-0.1, -0.05) is 36.4 Å². The molecule has 1 aliphatic heterocycles. The van der Waals surface area contributed by atoms with E-state index in [1.165, 1.54) is 5.56 Å². The van der Waals surface area contributed by atoms with Crippen molar-refractivity contribution in [2.24, 2.45) is 0 Å². The van der Waals surface area contributed by atoms with Crippen molar-refractivity contribution in [2.45, 2.75) is 44.8 Å². The summed E-state index contributed by atoms with van der Waals surface area (Å²) >= 11 is 0. The lowest BCUT2D eigenvalue weighted by atomic mass is 9.87. The Morgan fingerprint density at radius 3 is 2.78 bits per heavy atom. The lowest BCUT2D eigenvalue weighted by Gasteiger charge is -2.40. The molecule has 4 rings (SSSR count). The molecule has 0 saturated heterocycles. The van der Waals surface area contributed by atoms with Crippen LogP contribution in [0, 0.1) is 0 Å². The quantitative estimate of drug-likeness (QED) is 0.850. The van der Waals surface area contributed by atoms with Crippen molar-refractivity contribution in [3.05, 3.63) is 59.7 Å². The number of fused-ring (bicyclic) bond motifs is 2. The Bertz CT molecular complexity index is 895. The highest BCUT2D eigenvalue weighted by molar-refractivity contribution is 6.16. The minimum atomic E-state index is -1.57. The molecule has 2 aliphatic rings. The molecule has 140 valence electrons. The van der Waals surface area contributed by atoms with Crippen LogP contribution in [-0.4, -0.2) is 24.0 Å². The summed E-state index contributed by atoms with van der Waals surface area (Å²) in [5.41, 5.74) is 1.53. The van der Waals surface area contributed by atoms with Crippen molar-refractivity contribution >= 4 is 17.5 Å². The molecule has 0 bridgehead atoms. The van der Waals surface area contributed by atoms with E-state index in [1.807, 2.05) is 37.3 Å². The molecule has 1 aliphatic carbocycles. The lowest BCUT2D eigenvalue weighted by Crippen LogP contribution is -2.62. The second-order valence-corrected chi connectivity index (χ2v) is 7.27. The normalized spacial score (nSPS) is 23.9. The standard InChI is InChI=1S/C22H24N2O3/c1-3-24-18-13-6-7-14-19(18)27-22(2,21(24)26)20(25)23-17-12-8-10-15-9-4-5-11-16(15)17/h4-7,9,11,13-14,17H,3,8,10,12H2,1-2H3,(H,23,25). The fourth-order valence-corrected chi connectivity index (χ4v) is 4.05. The molecule has 0 saturated carbocycles. The van der Waals surface area contributed by atoms with Crippen LogP contribution in [0.25, 0.3) is 0 Å². The molecule has 0 aromatic heterocycles. The summed E-state index contributed by atoms with van der Waals surface area (Å²) in [5, 5.41) is 3.08. The zero-order chi connectivity index (χ0) is 19.0. The maximum Gasteiger partial charge on any atom is 0.280 e. The highest BCUT2D eigenvalue weighted by Gasteiger charge is 2.50. The number of ether oxygens (including phenoxy) is 1. The van der Waals surface area contributed by atoms with Crippen LogP contribution in [0.1, 0.15) is 43.9 Å². The molecular formula is C22H24N2O3. The Hall–Kier alpha value is -2.82. The Labute approximate surface area is 159 Å². The molecule has 27 heavy (non-hydrogen) atoms. The number of hydrogen-bond donors (Lipinski definition) is 1. The van der Waals surface area contributed by atoms with Crippen molar-refractivity contribution in [2.75, 3.05) is 11.4 Å². The van der Waals surface area contributed by atoms with Gasteiger partial charge in [0.25, 0.3) is 17.4 Å². The van der Waals surface area contributed by atoms with Gasteiger partial charge in [0.1, 0.15) is 5.75 Å². The summed E-state index contributed by atoms with van der Waals surface area (Å²) in [6.45, 7) is 3.95. The van der Waals surface area contributed by atoms with Gasteiger partial charge in [-0.15, -0.1) is 0 Å². The SMILES string of the molecule is CCN1C(=O)C(C)(C(=O)NC2CCCc3ccccc32)Oc2ccccc21. The lowest BCUT2D eigenvalue weighted by molar-refractivity contribution is -0.149. The first-order valence-electron chi connectivity index (χ1n) is 9.53. The first kappa shape index (κ1) is 17.6. The number of likely N-dealkylation sites (N-methyl/N-ethyl adjacent to an activating group) is 1. The van der Waals surface area contributed by atoms with Gasteiger partial charge in [0, 0.05) is 6.54 Å². The minimum Gasteiger partial charge on any atom is -0.466 e. The van der Waals surface area contributed by atoms with E-state index < -0.39 is 5.60 Å². The van der Waals surface area contributed by atoms with Crippen LogP contribution < -0.4 is 15.0 Å². The summed E-state index contributed by atoms with van der Waals surface area (Å²) < 4.78 is 5.95. The van der Waals surface area contributed by atoms with Gasteiger partial charge >= 0.3 is 0 Å². The fraction of sp³-hybridized carbons (Fsp3) is 0.364. The van der Waals surface area contributed by atoms with E-state index in [9.17, 15) is 9.59 Å². The van der Waals surface area contributed by atoms with Gasteiger partial charge in [-0.25, -0.2) is 0 Å². The number of rotatable bonds is 3. The number of para-hydroxylation sites is 2. The molecule has 2 aromatic rings. The Morgan fingerprint density at radius 2 is 1.96 bits per heavy atom. The van der Waals surface area contributed by atoms with Crippen molar-refractivity contribution in [3.63, 3.8) is 0 Å². The van der Waals surface area contributed by atoms with E-state index >= 15 is 0 Å². The predicted molar refractivity (Wildman–Crippen MR) is 104 cm³/mol. The topological polar surface area (TPSA) is 58.6 Å². The summed E-state index contributed by atoms with van der Waals surface area (Å²) in [6, 6.07) is 15.4. The van der Waals surface area contributed by atoms with Gasteiger partial charge in [-0.05, 0) is 56.4 Å². The minimum absolute atomic E-state index is 0.0945. The van der Waals surface area contributed by atoms with Gasteiger partial charge in [-0.2, -0.15) is 0 Å². The largest absolute Gasteiger partial charge is 0.466 e. The molecule has 2 aromatic carbocycles. The summed E-state index contributed by atoms with van der Waals surface area (Å²) in [5.74, 6) is -0.159. The van der Waals surface area contributed by atoms with E-state index in [1.54, 1.807) is 17.9 Å². The molecule has 2 atom stereocenters. The number of hydrogen-bond acceptors (Lipinski definition) is 3. The Morgan fingerprint density at radius 1 is 1.22 bits per heavy atom. The van der Waals surface area contributed by atoms with Gasteiger partial charge in [-0.3, -0.25) is 9.59 Å². The number of carbonyl (C=O) groups is 2. The van der Waals surface area contributed by atoms with E-state index in [0.717, 1.165) is 24.8 Å². The average Bonchev–Trinajstić information content (AvgIpc) is 2.69. The van der Waals surface area contributed by atoms with Gasteiger partial charge in [0.2, 0.25) is 0 Å². The van der Waals surface area contributed by atoms with Crippen molar-refractivity contribution in [3.8, 4) is 5.75 Å². The molecule has 0 radical (unpaired) electrons. The van der Waals surface area contributed by atoms with Gasteiger partial charge in [0.05, 0.1) is 11.7 Å². The number of nitrogens with zero attached hydrogens (tertiary/aromatic N) is 1. The van der Waals surface area contributed by atoms with Gasteiger partial charge in [0.15, 0.2) is 0 Å². The smallest absolute Gasteiger partial charge is 0.280 e. The number of anilines is 1. The monoisotopic (exact) mass is 364 g/mol. The molecule has 2 amide bonds. The van der Waals surface area contributed by atoms with E-state index in [2.05, 4.69) is 17.4 Å². The number of benzene rings is 2. The van der Waals surface area contributed by atoms with Gasteiger partial charge < -0.3 is 15.0 Å². The maximum absolute atomic E-state index is 13.2. The molecule has 5 heteroatoms. The molecule has 5 nitrogen and oxygen atoms in total. The predicted octanol–water partition coefficient (Wildman–Crippen LogP) is 3.38. The van der Waals surface area contributed by atoms with Crippen LogP contribution >= 0.6 is 0 Å². The Kier molecular flexibility index (Phi) is 4.38. The van der Waals surface area contributed by atoms with E-state index in [0.29, 0.717) is 18.0 Å². The average molecular weight is 364 g/mol. The highest BCUT2D eigenvalue weighted by atomic mass is 16.5. The van der Waals surface area contributed by atoms with Crippen molar-refractivity contribution < 1.29 is 14.3 Å². The number of nitrogens with one attached hydrogen (secondary N) is 1. The van der Waals surface area contributed by atoms with Crippen LogP contribution in [0.5, 0.6) is 5.75 Å². The van der Waals surface area contributed by atoms with Crippen LogP contribution in [0.4, 0.5) is 5.69 Å².